The van der Waals surface area contributed by atoms with Crippen LogP contribution in [0.2, 0.25) is 0 Å². The van der Waals surface area contributed by atoms with Gasteiger partial charge in [-0.05, 0) is 58.7 Å². The Hall–Kier alpha value is -1.59. The molecule has 0 saturated carbocycles. The Labute approximate surface area is 195 Å². The van der Waals surface area contributed by atoms with Gasteiger partial charge in [-0.25, -0.2) is 0 Å². The average molecular weight is 448 g/mol. The van der Waals surface area contributed by atoms with Gasteiger partial charge in [0.1, 0.15) is 11.4 Å². The van der Waals surface area contributed by atoms with Crippen molar-refractivity contribution in [2.24, 2.45) is 5.41 Å². The topological polar surface area (TPSA) is 48.0 Å². The highest BCUT2D eigenvalue weighted by Crippen LogP contribution is 2.28. The Balaban J connectivity index is 1.80. The van der Waals surface area contributed by atoms with E-state index in [1.165, 1.54) is 32.1 Å². The summed E-state index contributed by atoms with van der Waals surface area (Å²) in [5.74, 6) is 0.765. The van der Waals surface area contributed by atoms with E-state index in [9.17, 15) is 4.79 Å². The Morgan fingerprint density at radius 3 is 2.34 bits per heavy atom. The molecule has 5 heteroatoms. The van der Waals surface area contributed by atoms with E-state index in [4.69, 9.17) is 14.2 Å². The van der Waals surface area contributed by atoms with Crippen molar-refractivity contribution >= 4 is 5.97 Å². The second-order valence-electron chi connectivity index (χ2n) is 10.7. The highest BCUT2D eigenvalue weighted by molar-refractivity contribution is 5.76. The lowest BCUT2D eigenvalue weighted by Gasteiger charge is -2.38. The van der Waals surface area contributed by atoms with E-state index in [1.54, 1.807) is 0 Å². The fraction of sp³-hybridized carbons (Fsp3) is 0.741. The van der Waals surface area contributed by atoms with Crippen molar-refractivity contribution in [3.05, 3.63) is 29.8 Å². The summed E-state index contributed by atoms with van der Waals surface area (Å²) in [6.45, 7) is 15.6. The zero-order chi connectivity index (χ0) is 23.6. The smallest absolute Gasteiger partial charge is 0.313 e. The molecule has 0 spiro atoms. The molecule has 1 heterocycles. The second kappa shape index (κ2) is 12.6. The minimum absolute atomic E-state index is 0.00537. The number of rotatable bonds is 12. The molecular formula is C27H45NO4. The SMILES string of the molecule is CCCCCCCCOc1ccc(C2CN(CC(C)(C)C(=O)OC(C)(C)C)CCO2)cc1. The zero-order valence-corrected chi connectivity index (χ0v) is 21.2. The number of carbonyl (C=O) groups excluding carboxylic acids is 1. The predicted molar refractivity (Wildman–Crippen MR) is 130 cm³/mol. The molecule has 1 aliphatic rings. The summed E-state index contributed by atoms with van der Waals surface area (Å²) >= 11 is 0. The minimum atomic E-state index is -0.566. The van der Waals surface area contributed by atoms with Crippen molar-refractivity contribution < 1.29 is 19.0 Å². The van der Waals surface area contributed by atoms with Crippen molar-refractivity contribution in [1.82, 2.24) is 4.90 Å². The third kappa shape index (κ3) is 9.50. The van der Waals surface area contributed by atoms with Crippen molar-refractivity contribution in [2.75, 3.05) is 32.8 Å². The van der Waals surface area contributed by atoms with Gasteiger partial charge in [-0.3, -0.25) is 9.69 Å². The van der Waals surface area contributed by atoms with Crippen LogP contribution in [0.3, 0.4) is 0 Å². The molecular weight excluding hydrogens is 402 g/mol. The largest absolute Gasteiger partial charge is 0.494 e. The van der Waals surface area contributed by atoms with E-state index in [2.05, 4.69) is 24.0 Å². The molecule has 2 rings (SSSR count). The number of hydrogen-bond donors (Lipinski definition) is 0. The van der Waals surface area contributed by atoms with Crippen LogP contribution >= 0.6 is 0 Å². The number of unbranched alkanes of at least 4 members (excludes halogenated alkanes) is 5. The summed E-state index contributed by atoms with van der Waals surface area (Å²) in [6, 6.07) is 8.28. The zero-order valence-electron chi connectivity index (χ0n) is 21.2. The van der Waals surface area contributed by atoms with Gasteiger partial charge in [-0.15, -0.1) is 0 Å². The normalized spacial score (nSPS) is 17.9. The van der Waals surface area contributed by atoms with Crippen molar-refractivity contribution in [3.63, 3.8) is 0 Å². The summed E-state index contributed by atoms with van der Waals surface area (Å²) in [5.41, 5.74) is 0.112. The van der Waals surface area contributed by atoms with Gasteiger partial charge in [0.25, 0.3) is 0 Å². The van der Waals surface area contributed by atoms with Gasteiger partial charge in [-0.1, -0.05) is 51.2 Å². The molecule has 1 aromatic carbocycles. The van der Waals surface area contributed by atoms with E-state index in [0.717, 1.165) is 37.4 Å². The van der Waals surface area contributed by atoms with Crippen LogP contribution in [0.25, 0.3) is 0 Å². The maximum atomic E-state index is 12.6. The molecule has 0 bridgehead atoms. The molecule has 1 unspecified atom stereocenters. The lowest BCUT2D eigenvalue weighted by molar-refractivity contribution is -0.167. The maximum Gasteiger partial charge on any atom is 0.313 e. The maximum absolute atomic E-state index is 12.6. The minimum Gasteiger partial charge on any atom is -0.494 e. The monoisotopic (exact) mass is 447 g/mol. The third-order valence-electron chi connectivity index (χ3n) is 5.74. The fourth-order valence-electron chi connectivity index (χ4n) is 3.94. The molecule has 1 fully saturated rings. The van der Waals surface area contributed by atoms with Crippen molar-refractivity contribution in [1.29, 1.82) is 0 Å². The Kier molecular flexibility index (Phi) is 10.5. The molecule has 0 aliphatic carbocycles. The average Bonchev–Trinajstić information content (AvgIpc) is 2.72. The summed E-state index contributed by atoms with van der Waals surface area (Å²) in [7, 11) is 0. The van der Waals surface area contributed by atoms with Gasteiger partial charge in [0.15, 0.2) is 0 Å². The second-order valence-corrected chi connectivity index (χ2v) is 10.7. The van der Waals surface area contributed by atoms with Crippen LogP contribution in [0, 0.1) is 5.41 Å². The molecule has 0 aromatic heterocycles. The molecule has 182 valence electrons. The molecule has 0 radical (unpaired) electrons. The molecule has 1 aliphatic heterocycles. The van der Waals surface area contributed by atoms with Gasteiger partial charge in [0.2, 0.25) is 0 Å². The molecule has 5 nitrogen and oxygen atoms in total. The van der Waals surface area contributed by atoms with Crippen molar-refractivity contribution in [2.45, 2.75) is 91.8 Å². The van der Waals surface area contributed by atoms with Gasteiger partial charge < -0.3 is 14.2 Å². The number of hydrogen-bond acceptors (Lipinski definition) is 5. The third-order valence-corrected chi connectivity index (χ3v) is 5.74. The van der Waals surface area contributed by atoms with Crippen LogP contribution in [0.15, 0.2) is 24.3 Å². The van der Waals surface area contributed by atoms with Gasteiger partial charge in [-0.2, -0.15) is 0 Å². The first-order valence-corrected chi connectivity index (χ1v) is 12.4. The first-order valence-electron chi connectivity index (χ1n) is 12.4. The number of esters is 1. The Bertz CT molecular complexity index is 678. The summed E-state index contributed by atoms with van der Waals surface area (Å²) in [4.78, 5) is 14.9. The molecule has 1 aromatic rings. The van der Waals surface area contributed by atoms with Crippen LogP contribution in [-0.4, -0.2) is 49.3 Å². The highest BCUT2D eigenvalue weighted by atomic mass is 16.6. The number of nitrogens with zero attached hydrogens (tertiary/aromatic N) is 1. The quantitative estimate of drug-likeness (QED) is 0.283. The van der Waals surface area contributed by atoms with Crippen LogP contribution in [0.4, 0.5) is 0 Å². The van der Waals surface area contributed by atoms with Gasteiger partial charge in [0, 0.05) is 19.6 Å². The van der Waals surface area contributed by atoms with Gasteiger partial charge in [0.05, 0.1) is 24.7 Å². The summed E-state index contributed by atoms with van der Waals surface area (Å²) in [5, 5.41) is 0. The Morgan fingerprint density at radius 2 is 1.69 bits per heavy atom. The van der Waals surface area contributed by atoms with Crippen LogP contribution in [0.5, 0.6) is 5.75 Å². The van der Waals surface area contributed by atoms with Crippen molar-refractivity contribution in [3.8, 4) is 5.75 Å². The molecule has 32 heavy (non-hydrogen) atoms. The number of ether oxygens (including phenoxy) is 3. The number of benzene rings is 1. The van der Waals surface area contributed by atoms with Crippen LogP contribution < -0.4 is 4.74 Å². The summed E-state index contributed by atoms with van der Waals surface area (Å²) < 4.78 is 17.6. The molecule has 1 saturated heterocycles. The van der Waals surface area contributed by atoms with E-state index >= 15 is 0 Å². The highest BCUT2D eigenvalue weighted by Gasteiger charge is 2.36. The molecule has 0 amide bonds. The van der Waals surface area contributed by atoms with E-state index in [-0.39, 0.29) is 12.1 Å². The van der Waals surface area contributed by atoms with Gasteiger partial charge >= 0.3 is 5.97 Å². The van der Waals surface area contributed by atoms with Crippen LogP contribution in [-0.2, 0) is 14.3 Å². The summed E-state index contributed by atoms with van der Waals surface area (Å²) in [6.07, 6.45) is 7.61. The van der Waals surface area contributed by atoms with Crippen LogP contribution in [0.1, 0.15) is 91.7 Å². The van der Waals surface area contributed by atoms with E-state index < -0.39 is 11.0 Å². The Morgan fingerprint density at radius 1 is 1.03 bits per heavy atom. The predicted octanol–water partition coefficient (Wildman–Crippen LogP) is 6.17. The van der Waals surface area contributed by atoms with E-state index in [1.807, 2.05) is 46.8 Å². The molecule has 1 atom stereocenters. The fourth-order valence-corrected chi connectivity index (χ4v) is 3.94. The number of carbonyl (C=O) groups is 1. The number of morpholine rings is 1. The standard InChI is InChI=1S/C27H45NO4/c1-7-8-9-10-11-12-18-30-23-15-13-22(14-16-23)24-20-28(17-19-31-24)21-27(5,6)25(29)32-26(2,3)4/h13-16,24H,7-12,17-21H2,1-6H3. The van der Waals surface area contributed by atoms with E-state index in [0.29, 0.717) is 13.2 Å². The lowest BCUT2D eigenvalue weighted by atomic mass is 9.92. The first kappa shape index (κ1) is 26.7. The first-order chi connectivity index (χ1) is 15.1. The molecule has 0 N–H and O–H groups in total. The lowest BCUT2D eigenvalue weighted by Crippen LogP contribution is -2.47.